The van der Waals surface area contributed by atoms with E-state index in [1.807, 2.05) is 35.7 Å². The van der Waals surface area contributed by atoms with E-state index in [0.29, 0.717) is 11.5 Å². The van der Waals surface area contributed by atoms with Crippen molar-refractivity contribution in [2.24, 2.45) is 0 Å². The van der Waals surface area contributed by atoms with E-state index in [2.05, 4.69) is 28.2 Å². The van der Waals surface area contributed by atoms with Crippen molar-refractivity contribution in [3.63, 3.8) is 0 Å². The van der Waals surface area contributed by atoms with E-state index in [1.165, 1.54) is 11.3 Å². The highest BCUT2D eigenvalue weighted by Crippen LogP contribution is 2.24. The lowest BCUT2D eigenvalue weighted by molar-refractivity contribution is 0.103. The van der Waals surface area contributed by atoms with Crippen LogP contribution in [0.1, 0.15) is 23.0 Å². The normalized spacial score (nSPS) is 10.2. The highest BCUT2D eigenvalue weighted by Gasteiger charge is 2.11. The fourth-order valence-corrected chi connectivity index (χ4v) is 2.94. The smallest absolute Gasteiger partial charge is 0.266 e. The molecule has 2 aromatic rings. The van der Waals surface area contributed by atoms with E-state index in [0.717, 1.165) is 22.3 Å². The number of nitrogens with one attached hydrogen (secondary N) is 1. The van der Waals surface area contributed by atoms with Crippen LogP contribution in [0.15, 0.2) is 40.2 Å². The van der Waals surface area contributed by atoms with Gasteiger partial charge in [0, 0.05) is 10.2 Å². The summed E-state index contributed by atoms with van der Waals surface area (Å²) < 4.78 is 6.31. The first kappa shape index (κ1) is 14.1. The minimum atomic E-state index is -0.107. The number of halogens is 1. The van der Waals surface area contributed by atoms with Crippen molar-refractivity contribution in [1.82, 2.24) is 0 Å². The van der Waals surface area contributed by atoms with Gasteiger partial charge >= 0.3 is 0 Å². The molecule has 0 fully saturated rings. The zero-order valence-corrected chi connectivity index (χ0v) is 12.9. The van der Waals surface area contributed by atoms with E-state index in [4.69, 9.17) is 4.74 Å². The molecule has 1 heterocycles. The number of amides is 1. The first-order valence-electron chi connectivity index (χ1n) is 5.98. The molecule has 0 unspecified atom stereocenters. The van der Waals surface area contributed by atoms with Crippen molar-refractivity contribution in [1.29, 1.82) is 0 Å². The van der Waals surface area contributed by atoms with E-state index < -0.39 is 0 Å². The second-order valence-corrected chi connectivity index (χ2v) is 5.70. The molecular formula is C14H14BrNO2S. The summed E-state index contributed by atoms with van der Waals surface area (Å²) in [6.07, 6.45) is 0.977. The van der Waals surface area contributed by atoms with E-state index in [1.54, 1.807) is 0 Å². The lowest BCUT2D eigenvalue weighted by Crippen LogP contribution is -2.10. The van der Waals surface area contributed by atoms with Gasteiger partial charge in [0.15, 0.2) is 0 Å². The van der Waals surface area contributed by atoms with Gasteiger partial charge < -0.3 is 10.1 Å². The average molecular weight is 340 g/mol. The molecule has 1 aromatic carbocycles. The SMILES string of the molecule is CCCOc1ccc(NC(=O)c2sccc2Br)cc1. The Kier molecular flexibility index (Phi) is 4.99. The Morgan fingerprint density at radius 3 is 2.63 bits per heavy atom. The van der Waals surface area contributed by atoms with Gasteiger partial charge in [-0.3, -0.25) is 4.79 Å². The summed E-state index contributed by atoms with van der Waals surface area (Å²) in [6, 6.07) is 9.25. The van der Waals surface area contributed by atoms with Crippen molar-refractivity contribution in [3.8, 4) is 5.75 Å². The summed E-state index contributed by atoms with van der Waals surface area (Å²) in [5.41, 5.74) is 0.758. The molecule has 0 saturated carbocycles. The number of carbonyl (C=O) groups excluding carboxylic acids is 1. The fraction of sp³-hybridized carbons (Fsp3) is 0.214. The van der Waals surface area contributed by atoms with Gasteiger partial charge in [-0.1, -0.05) is 6.92 Å². The number of hydrogen-bond acceptors (Lipinski definition) is 3. The third-order valence-electron chi connectivity index (χ3n) is 2.41. The van der Waals surface area contributed by atoms with Gasteiger partial charge in [-0.15, -0.1) is 11.3 Å². The van der Waals surface area contributed by atoms with Crippen molar-refractivity contribution in [3.05, 3.63) is 45.1 Å². The van der Waals surface area contributed by atoms with Crippen LogP contribution in [0.4, 0.5) is 5.69 Å². The van der Waals surface area contributed by atoms with E-state index in [-0.39, 0.29) is 5.91 Å². The molecule has 0 atom stereocenters. The van der Waals surface area contributed by atoms with Gasteiger partial charge in [-0.2, -0.15) is 0 Å². The van der Waals surface area contributed by atoms with Gasteiger partial charge in [0.1, 0.15) is 10.6 Å². The molecule has 0 saturated heterocycles. The molecule has 0 spiro atoms. The van der Waals surface area contributed by atoms with E-state index >= 15 is 0 Å². The van der Waals surface area contributed by atoms with Crippen LogP contribution >= 0.6 is 27.3 Å². The fourth-order valence-electron chi connectivity index (χ4n) is 1.50. The Morgan fingerprint density at radius 2 is 2.05 bits per heavy atom. The van der Waals surface area contributed by atoms with Crippen LogP contribution in [-0.4, -0.2) is 12.5 Å². The quantitative estimate of drug-likeness (QED) is 0.867. The number of ether oxygens (including phenoxy) is 1. The average Bonchev–Trinajstić information content (AvgIpc) is 2.84. The molecule has 0 aliphatic carbocycles. The second-order valence-electron chi connectivity index (χ2n) is 3.92. The first-order chi connectivity index (χ1) is 9.20. The summed E-state index contributed by atoms with van der Waals surface area (Å²) >= 11 is 4.76. The Labute approximate surface area is 124 Å². The highest BCUT2D eigenvalue weighted by molar-refractivity contribution is 9.10. The number of hydrogen-bond donors (Lipinski definition) is 1. The predicted octanol–water partition coefficient (Wildman–Crippen LogP) is 4.55. The van der Waals surface area contributed by atoms with Crippen molar-refractivity contribution >= 4 is 38.9 Å². The van der Waals surface area contributed by atoms with Gasteiger partial charge in [0.25, 0.3) is 5.91 Å². The Hall–Kier alpha value is -1.33. The molecule has 0 aliphatic heterocycles. The summed E-state index contributed by atoms with van der Waals surface area (Å²) in [7, 11) is 0. The lowest BCUT2D eigenvalue weighted by atomic mass is 10.3. The number of anilines is 1. The molecule has 0 radical (unpaired) electrons. The van der Waals surface area contributed by atoms with Crippen LogP contribution in [0.2, 0.25) is 0 Å². The third-order valence-corrected chi connectivity index (χ3v) is 4.24. The number of carbonyl (C=O) groups is 1. The van der Waals surface area contributed by atoms with Crippen LogP contribution < -0.4 is 10.1 Å². The molecule has 2 rings (SSSR count). The summed E-state index contributed by atoms with van der Waals surface area (Å²) in [5, 5.41) is 4.73. The molecule has 1 aromatic heterocycles. The minimum Gasteiger partial charge on any atom is -0.494 e. The molecular weight excluding hydrogens is 326 g/mol. The zero-order chi connectivity index (χ0) is 13.7. The topological polar surface area (TPSA) is 38.3 Å². The molecule has 100 valence electrons. The van der Waals surface area contributed by atoms with Crippen molar-refractivity contribution in [2.45, 2.75) is 13.3 Å². The molecule has 3 nitrogen and oxygen atoms in total. The molecule has 0 aliphatic rings. The van der Waals surface area contributed by atoms with Gasteiger partial charge in [0.2, 0.25) is 0 Å². The third kappa shape index (κ3) is 3.81. The summed E-state index contributed by atoms with van der Waals surface area (Å²) in [4.78, 5) is 12.7. The molecule has 1 amide bonds. The number of rotatable bonds is 5. The van der Waals surface area contributed by atoms with Crippen LogP contribution in [0.5, 0.6) is 5.75 Å². The maximum Gasteiger partial charge on any atom is 0.266 e. The first-order valence-corrected chi connectivity index (χ1v) is 7.65. The zero-order valence-electron chi connectivity index (χ0n) is 10.5. The molecule has 19 heavy (non-hydrogen) atoms. The lowest BCUT2D eigenvalue weighted by Gasteiger charge is -2.07. The maximum atomic E-state index is 12.0. The van der Waals surface area contributed by atoms with Crippen molar-refractivity contribution in [2.75, 3.05) is 11.9 Å². The summed E-state index contributed by atoms with van der Waals surface area (Å²) in [6.45, 7) is 2.77. The van der Waals surface area contributed by atoms with Gasteiger partial charge in [-0.05, 0) is 58.1 Å². The van der Waals surface area contributed by atoms with Crippen LogP contribution in [0.25, 0.3) is 0 Å². The summed E-state index contributed by atoms with van der Waals surface area (Å²) in [5.74, 6) is 0.709. The van der Waals surface area contributed by atoms with Crippen molar-refractivity contribution < 1.29 is 9.53 Å². The Balaban J connectivity index is 2.00. The Morgan fingerprint density at radius 1 is 1.32 bits per heavy atom. The highest BCUT2D eigenvalue weighted by atomic mass is 79.9. The van der Waals surface area contributed by atoms with Gasteiger partial charge in [-0.25, -0.2) is 0 Å². The number of thiophene rings is 1. The maximum absolute atomic E-state index is 12.0. The monoisotopic (exact) mass is 339 g/mol. The van der Waals surface area contributed by atoms with Gasteiger partial charge in [0.05, 0.1) is 6.61 Å². The molecule has 5 heteroatoms. The van der Waals surface area contributed by atoms with Crippen LogP contribution in [0, 0.1) is 0 Å². The van der Waals surface area contributed by atoms with Crippen LogP contribution in [0.3, 0.4) is 0 Å². The molecule has 0 bridgehead atoms. The molecule has 1 N–H and O–H groups in total. The predicted molar refractivity (Wildman–Crippen MR) is 82.2 cm³/mol. The standard InChI is InChI=1S/C14H14BrNO2S/c1-2-8-18-11-5-3-10(4-6-11)16-14(17)13-12(15)7-9-19-13/h3-7,9H,2,8H2,1H3,(H,16,17). The van der Waals surface area contributed by atoms with Crippen LogP contribution in [-0.2, 0) is 0 Å². The van der Waals surface area contributed by atoms with E-state index in [9.17, 15) is 4.79 Å². The number of benzene rings is 1. The Bertz CT molecular complexity index is 551. The minimum absolute atomic E-state index is 0.107. The second kappa shape index (κ2) is 6.73. The largest absolute Gasteiger partial charge is 0.494 e.